The van der Waals surface area contributed by atoms with E-state index < -0.39 is 0 Å². The van der Waals surface area contributed by atoms with Gasteiger partial charge in [0, 0.05) is 19.6 Å². The van der Waals surface area contributed by atoms with E-state index in [1.807, 2.05) is 0 Å². The molecule has 1 aromatic rings. The molecule has 1 aromatic carbocycles. The molecule has 1 atom stereocenters. The van der Waals surface area contributed by atoms with Gasteiger partial charge in [-0.15, -0.1) is 0 Å². The molecule has 0 amide bonds. The first kappa shape index (κ1) is 12.3. The van der Waals surface area contributed by atoms with Crippen LogP contribution >= 0.6 is 0 Å². The van der Waals surface area contributed by atoms with Crippen LogP contribution in [0.1, 0.15) is 12.8 Å². The number of rotatable bonds is 2. The third-order valence-electron chi connectivity index (χ3n) is 4.77. The van der Waals surface area contributed by atoms with Crippen molar-refractivity contribution in [3.05, 3.63) is 18.2 Å². The van der Waals surface area contributed by atoms with Crippen LogP contribution in [0.5, 0.6) is 5.75 Å². The molecule has 1 N–H and O–H groups in total. The lowest BCUT2D eigenvalue weighted by Gasteiger charge is -2.43. The van der Waals surface area contributed by atoms with E-state index in [0.29, 0.717) is 0 Å². The van der Waals surface area contributed by atoms with Crippen LogP contribution in [0.4, 0.5) is 11.4 Å². The first-order valence-electron chi connectivity index (χ1n) is 7.88. The highest BCUT2D eigenvalue weighted by Crippen LogP contribution is 2.42. The number of para-hydroxylation sites is 1. The number of nitrogens with zero attached hydrogens (tertiary/aromatic N) is 2. The molecule has 0 spiro atoms. The summed E-state index contributed by atoms with van der Waals surface area (Å²) >= 11 is 0. The van der Waals surface area contributed by atoms with E-state index in [1.54, 1.807) is 0 Å². The van der Waals surface area contributed by atoms with Crippen LogP contribution in [0.3, 0.4) is 0 Å². The second-order valence-electron chi connectivity index (χ2n) is 6.12. The van der Waals surface area contributed by atoms with Gasteiger partial charge in [0.1, 0.15) is 18.0 Å². The van der Waals surface area contributed by atoms with E-state index >= 15 is 0 Å². The van der Waals surface area contributed by atoms with E-state index in [4.69, 9.17) is 4.74 Å². The summed E-state index contributed by atoms with van der Waals surface area (Å²) in [6.07, 6.45) is 2.68. The maximum Gasteiger partial charge on any atom is 0.144 e. The molecule has 4 nitrogen and oxygen atoms in total. The standard InChI is InChI=1S/C16H23N3O/c1-4-14-16-15(5-1)20-10-9-18(16)7-8-19(14)12-13-3-2-6-17-11-13/h1,4-5,13,17H,2-3,6-12H2. The van der Waals surface area contributed by atoms with Crippen LogP contribution < -0.4 is 19.9 Å². The number of benzene rings is 1. The van der Waals surface area contributed by atoms with Gasteiger partial charge in [-0.2, -0.15) is 0 Å². The Hall–Kier alpha value is -1.42. The predicted molar refractivity (Wildman–Crippen MR) is 82.0 cm³/mol. The molecule has 0 bridgehead atoms. The molecule has 3 heterocycles. The number of hydrogen-bond acceptors (Lipinski definition) is 4. The van der Waals surface area contributed by atoms with Gasteiger partial charge in [0.15, 0.2) is 0 Å². The highest BCUT2D eigenvalue weighted by atomic mass is 16.5. The minimum atomic E-state index is 0.788. The third-order valence-corrected chi connectivity index (χ3v) is 4.77. The third kappa shape index (κ3) is 2.12. The lowest BCUT2D eigenvalue weighted by atomic mass is 9.98. The zero-order valence-corrected chi connectivity index (χ0v) is 12.0. The van der Waals surface area contributed by atoms with Crippen molar-refractivity contribution in [2.24, 2.45) is 5.92 Å². The highest BCUT2D eigenvalue weighted by Gasteiger charge is 2.29. The second-order valence-corrected chi connectivity index (χ2v) is 6.12. The second kappa shape index (κ2) is 5.17. The summed E-state index contributed by atoms with van der Waals surface area (Å²) in [5, 5.41) is 3.53. The molecule has 3 aliphatic heterocycles. The monoisotopic (exact) mass is 273 g/mol. The average Bonchev–Trinajstić information content (AvgIpc) is 2.51. The van der Waals surface area contributed by atoms with Crippen molar-refractivity contribution in [1.82, 2.24) is 5.32 Å². The Bertz CT molecular complexity index is 485. The summed E-state index contributed by atoms with van der Waals surface area (Å²) in [6, 6.07) is 6.50. The maximum absolute atomic E-state index is 5.83. The maximum atomic E-state index is 5.83. The van der Waals surface area contributed by atoms with Crippen LogP contribution in [-0.4, -0.2) is 45.9 Å². The SMILES string of the molecule is c1cc2c3c(c1)N(CC1CCCNC1)CCN3CCO2. The van der Waals surface area contributed by atoms with Gasteiger partial charge < -0.3 is 19.9 Å². The molecule has 1 unspecified atom stereocenters. The zero-order chi connectivity index (χ0) is 13.4. The number of anilines is 2. The van der Waals surface area contributed by atoms with Gasteiger partial charge in [0.2, 0.25) is 0 Å². The molecular formula is C16H23N3O. The summed E-state index contributed by atoms with van der Waals surface area (Å²) in [5.41, 5.74) is 2.70. The Balaban J connectivity index is 1.59. The molecule has 1 saturated heterocycles. The van der Waals surface area contributed by atoms with Crippen molar-refractivity contribution in [2.45, 2.75) is 12.8 Å². The smallest absolute Gasteiger partial charge is 0.144 e. The normalized spacial score (nSPS) is 25.1. The van der Waals surface area contributed by atoms with E-state index in [1.165, 1.54) is 43.9 Å². The molecule has 0 aliphatic carbocycles. The van der Waals surface area contributed by atoms with Crippen LogP contribution in [0.2, 0.25) is 0 Å². The topological polar surface area (TPSA) is 27.7 Å². The van der Waals surface area contributed by atoms with Gasteiger partial charge in [-0.1, -0.05) is 6.07 Å². The molecule has 4 heteroatoms. The molecule has 108 valence electrons. The van der Waals surface area contributed by atoms with Crippen molar-refractivity contribution in [3.63, 3.8) is 0 Å². The molecule has 0 saturated carbocycles. The number of piperidine rings is 1. The fourth-order valence-corrected chi connectivity index (χ4v) is 3.74. The summed E-state index contributed by atoms with van der Waals surface area (Å²) < 4.78 is 5.83. The first-order valence-corrected chi connectivity index (χ1v) is 7.88. The molecule has 3 aliphatic rings. The van der Waals surface area contributed by atoms with Crippen LogP contribution in [0, 0.1) is 5.92 Å². The predicted octanol–water partition coefficient (Wildman–Crippen LogP) is 1.70. The van der Waals surface area contributed by atoms with Crippen molar-refractivity contribution >= 4 is 11.4 Å². The van der Waals surface area contributed by atoms with E-state index in [2.05, 4.69) is 33.3 Å². The number of hydrogen-bond donors (Lipinski definition) is 1. The van der Waals surface area contributed by atoms with Crippen LogP contribution in [-0.2, 0) is 0 Å². The highest BCUT2D eigenvalue weighted by molar-refractivity contribution is 5.80. The Morgan fingerprint density at radius 3 is 3.15 bits per heavy atom. The zero-order valence-electron chi connectivity index (χ0n) is 12.0. The number of ether oxygens (including phenoxy) is 1. The first-order chi connectivity index (χ1) is 9.92. The van der Waals surface area contributed by atoms with Crippen LogP contribution in [0.15, 0.2) is 18.2 Å². The van der Waals surface area contributed by atoms with Gasteiger partial charge in [-0.05, 0) is 44.0 Å². The van der Waals surface area contributed by atoms with Crippen molar-refractivity contribution in [2.75, 3.05) is 55.7 Å². The Kier molecular flexibility index (Phi) is 3.19. The summed E-state index contributed by atoms with van der Waals surface area (Å²) in [7, 11) is 0. The quantitative estimate of drug-likeness (QED) is 0.888. The van der Waals surface area contributed by atoms with Gasteiger partial charge in [-0.3, -0.25) is 0 Å². The van der Waals surface area contributed by atoms with Crippen molar-refractivity contribution in [3.8, 4) is 5.75 Å². The number of nitrogens with one attached hydrogen (secondary N) is 1. The average molecular weight is 273 g/mol. The van der Waals surface area contributed by atoms with Crippen molar-refractivity contribution < 1.29 is 4.74 Å². The summed E-state index contributed by atoms with van der Waals surface area (Å²) in [5.74, 6) is 1.86. The largest absolute Gasteiger partial charge is 0.489 e. The Morgan fingerprint density at radius 1 is 1.25 bits per heavy atom. The van der Waals surface area contributed by atoms with Gasteiger partial charge in [0.05, 0.1) is 12.2 Å². The fourth-order valence-electron chi connectivity index (χ4n) is 3.74. The molecular weight excluding hydrogens is 250 g/mol. The van der Waals surface area contributed by atoms with Crippen LogP contribution in [0.25, 0.3) is 0 Å². The lowest BCUT2D eigenvalue weighted by Crippen LogP contribution is -2.47. The van der Waals surface area contributed by atoms with E-state index in [0.717, 1.165) is 37.9 Å². The molecule has 1 fully saturated rings. The van der Waals surface area contributed by atoms with E-state index in [9.17, 15) is 0 Å². The minimum absolute atomic E-state index is 0.788. The molecule has 0 radical (unpaired) electrons. The minimum Gasteiger partial charge on any atom is -0.489 e. The molecule has 4 rings (SSSR count). The summed E-state index contributed by atoms with van der Waals surface area (Å²) in [4.78, 5) is 5.06. The summed E-state index contributed by atoms with van der Waals surface area (Å²) in [6.45, 7) is 7.67. The van der Waals surface area contributed by atoms with Gasteiger partial charge in [-0.25, -0.2) is 0 Å². The Morgan fingerprint density at radius 2 is 2.25 bits per heavy atom. The fraction of sp³-hybridized carbons (Fsp3) is 0.625. The van der Waals surface area contributed by atoms with Gasteiger partial charge in [0.25, 0.3) is 0 Å². The lowest BCUT2D eigenvalue weighted by molar-refractivity contribution is 0.305. The molecule has 20 heavy (non-hydrogen) atoms. The molecule has 0 aromatic heterocycles. The van der Waals surface area contributed by atoms with E-state index in [-0.39, 0.29) is 0 Å². The Labute approximate surface area is 120 Å². The van der Waals surface area contributed by atoms with Gasteiger partial charge >= 0.3 is 0 Å². The van der Waals surface area contributed by atoms with Crippen molar-refractivity contribution in [1.29, 1.82) is 0 Å².